The lowest BCUT2D eigenvalue weighted by Gasteiger charge is -1.96. The molecule has 68 valence electrons. The number of benzene rings is 1. The maximum Gasteiger partial charge on any atom is 0.0319 e. The summed E-state index contributed by atoms with van der Waals surface area (Å²) in [5.41, 5.74) is 8.68. The third kappa shape index (κ3) is 3.16. The van der Waals surface area contributed by atoms with Crippen LogP contribution in [0.15, 0.2) is 42.5 Å². The zero-order chi connectivity index (χ0) is 9.68. The minimum Gasteiger partial charge on any atom is -0.399 e. The molecular formula is C12H15N. The molecular weight excluding hydrogens is 158 g/mol. The molecule has 0 radical (unpaired) electrons. The Kier molecular flexibility index (Phi) is 3.32. The van der Waals surface area contributed by atoms with E-state index in [2.05, 4.69) is 13.5 Å². The van der Waals surface area contributed by atoms with Crippen LogP contribution < -0.4 is 5.73 Å². The van der Waals surface area contributed by atoms with Gasteiger partial charge in [0.2, 0.25) is 0 Å². The van der Waals surface area contributed by atoms with Crippen LogP contribution in [0.3, 0.4) is 0 Å². The first kappa shape index (κ1) is 9.59. The molecule has 13 heavy (non-hydrogen) atoms. The van der Waals surface area contributed by atoms with Gasteiger partial charge in [-0.3, -0.25) is 0 Å². The summed E-state index contributed by atoms with van der Waals surface area (Å²) in [6.45, 7) is 5.98. The van der Waals surface area contributed by atoms with E-state index in [1.807, 2.05) is 36.4 Å². The molecule has 1 rings (SSSR count). The van der Waals surface area contributed by atoms with Gasteiger partial charge in [0.15, 0.2) is 0 Å². The predicted molar refractivity (Wildman–Crippen MR) is 59.3 cm³/mol. The van der Waals surface area contributed by atoms with Gasteiger partial charge in [-0.25, -0.2) is 0 Å². The number of hydrogen-bond acceptors (Lipinski definition) is 1. The standard InChI is InChI=1S/C12H15N/c1-3-10(2)7-8-11-5-4-6-12(13)9-11/h4-9H,2-3,13H2,1H3/b8-7+. The Bertz CT molecular complexity index is 324. The van der Waals surface area contributed by atoms with E-state index in [0.29, 0.717) is 0 Å². The Hall–Kier alpha value is -1.50. The van der Waals surface area contributed by atoms with Crippen LogP contribution in [0.2, 0.25) is 0 Å². The van der Waals surface area contributed by atoms with Crippen LogP contribution in [0, 0.1) is 0 Å². The van der Waals surface area contributed by atoms with Gasteiger partial charge in [-0.05, 0) is 24.1 Å². The molecule has 0 amide bonds. The molecule has 0 saturated carbocycles. The van der Waals surface area contributed by atoms with Crippen molar-refractivity contribution in [3.8, 4) is 0 Å². The van der Waals surface area contributed by atoms with Gasteiger partial charge in [-0.1, -0.05) is 43.4 Å². The van der Waals surface area contributed by atoms with Crippen molar-refractivity contribution in [3.05, 3.63) is 48.1 Å². The number of nitrogens with two attached hydrogens (primary N) is 1. The van der Waals surface area contributed by atoms with E-state index in [-0.39, 0.29) is 0 Å². The van der Waals surface area contributed by atoms with E-state index in [4.69, 9.17) is 5.73 Å². The Morgan fingerprint density at radius 3 is 2.92 bits per heavy atom. The van der Waals surface area contributed by atoms with Gasteiger partial charge >= 0.3 is 0 Å². The topological polar surface area (TPSA) is 26.0 Å². The van der Waals surface area contributed by atoms with Crippen molar-refractivity contribution in [1.82, 2.24) is 0 Å². The highest BCUT2D eigenvalue weighted by Gasteiger charge is 1.87. The third-order valence-corrected chi connectivity index (χ3v) is 1.88. The van der Waals surface area contributed by atoms with Crippen LogP contribution >= 0.6 is 0 Å². The Balaban J connectivity index is 2.74. The summed E-state index contributed by atoms with van der Waals surface area (Å²) in [4.78, 5) is 0. The Morgan fingerprint density at radius 1 is 1.54 bits per heavy atom. The van der Waals surface area contributed by atoms with Gasteiger partial charge < -0.3 is 5.73 Å². The number of rotatable bonds is 3. The van der Waals surface area contributed by atoms with Crippen LogP contribution in [-0.4, -0.2) is 0 Å². The van der Waals surface area contributed by atoms with Gasteiger partial charge in [-0.15, -0.1) is 0 Å². The summed E-state index contributed by atoms with van der Waals surface area (Å²) in [5, 5.41) is 0. The van der Waals surface area contributed by atoms with Crippen LogP contribution in [-0.2, 0) is 0 Å². The molecule has 1 aromatic carbocycles. The minimum absolute atomic E-state index is 0.796. The van der Waals surface area contributed by atoms with E-state index < -0.39 is 0 Å². The van der Waals surface area contributed by atoms with Crippen molar-refractivity contribution >= 4 is 11.8 Å². The molecule has 0 bridgehead atoms. The second-order valence-electron chi connectivity index (χ2n) is 3.02. The van der Waals surface area contributed by atoms with Crippen molar-refractivity contribution in [3.63, 3.8) is 0 Å². The van der Waals surface area contributed by atoms with Gasteiger partial charge in [-0.2, -0.15) is 0 Å². The van der Waals surface area contributed by atoms with Gasteiger partial charge in [0.1, 0.15) is 0 Å². The molecule has 2 N–H and O–H groups in total. The molecule has 1 aromatic rings. The maximum absolute atomic E-state index is 5.64. The Morgan fingerprint density at radius 2 is 2.31 bits per heavy atom. The SMILES string of the molecule is C=C(/C=C/c1cccc(N)c1)CC. The van der Waals surface area contributed by atoms with Crippen LogP contribution in [0.1, 0.15) is 18.9 Å². The zero-order valence-corrected chi connectivity index (χ0v) is 7.96. The highest BCUT2D eigenvalue weighted by Crippen LogP contribution is 2.10. The molecule has 0 atom stereocenters. The fraction of sp³-hybridized carbons (Fsp3) is 0.167. The molecule has 0 fully saturated rings. The second kappa shape index (κ2) is 4.51. The van der Waals surface area contributed by atoms with E-state index in [0.717, 1.165) is 23.2 Å². The van der Waals surface area contributed by atoms with Crippen molar-refractivity contribution in [2.45, 2.75) is 13.3 Å². The average Bonchev–Trinajstić information content (AvgIpc) is 2.14. The van der Waals surface area contributed by atoms with E-state index in [1.165, 1.54) is 0 Å². The van der Waals surface area contributed by atoms with E-state index >= 15 is 0 Å². The van der Waals surface area contributed by atoms with E-state index in [9.17, 15) is 0 Å². The largest absolute Gasteiger partial charge is 0.399 e. The summed E-state index contributed by atoms with van der Waals surface area (Å²) in [6.07, 6.45) is 5.04. The second-order valence-corrected chi connectivity index (χ2v) is 3.02. The molecule has 0 saturated heterocycles. The zero-order valence-electron chi connectivity index (χ0n) is 7.96. The van der Waals surface area contributed by atoms with Crippen molar-refractivity contribution in [1.29, 1.82) is 0 Å². The highest BCUT2D eigenvalue weighted by atomic mass is 14.5. The fourth-order valence-corrected chi connectivity index (χ4v) is 0.995. The van der Waals surface area contributed by atoms with Crippen molar-refractivity contribution in [2.24, 2.45) is 0 Å². The molecule has 0 spiro atoms. The van der Waals surface area contributed by atoms with Crippen molar-refractivity contribution in [2.75, 3.05) is 5.73 Å². The lowest BCUT2D eigenvalue weighted by Crippen LogP contribution is -1.83. The summed E-state index contributed by atoms with van der Waals surface area (Å²) >= 11 is 0. The first-order valence-corrected chi connectivity index (χ1v) is 4.43. The molecule has 0 aromatic heterocycles. The monoisotopic (exact) mass is 173 g/mol. The number of hydrogen-bond donors (Lipinski definition) is 1. The van der Waals surface area contributed by atoms with Crippen LogP contribution in [0.5, 0.6) is 0 Å². The van der Waals surface area contributed by atoms with Gasteiger partial charge in [0.05, 0.1) is 0 Å². The normalized spacial score (nSPS) is 10.5. The fourth-order valence-electron chi connectivity index (χ4n) is 0.995. The molecule has 1 heteroatoms. The smallest absolute Gasteiger partial charge is 0.0319 e. The summed E-state index contributed by atoms with van der Waals surface area (Å²) < 4.78 is 0. The van der Waals surface area contributed by atoms with E-state index in [1.54, 1.807) is 0 Å². The summed E-state index contributed by atoms with van der Waals surface area (Å²) in [5.74, 6) is 0. The Labute approximate surface area is 79.6 Å². The molecule has 1 nitrogen and oxygen atoms in total. The lowest BCUT2D eigenvalue weighted by molar-refractivity contribution is 1.16. The summed E-state index contributed by atoms with van der Waals surface area (Å²) in [6, 6.07) is 7.80. The minimum atomic E-state index is 0.796. The molecule has 0 aliphatic rings. The van der Waals surface area contributed by atoms with Gasteiger partial charge in [0, 0.05) is 5.69 Å². The molecule has 0 unspecified atom stereocenters. The van der Waals surface area contributed by atoms with Gasteiger partial charge in [0.25, 0.3) is 0 Å². The highest BCUT2D eigenvalue weighted by molar-refractivity contribution is 5.57. The first-order valence-electron chi connectivity index (χ1n) is 4.43. The molecule has 0 aliphatic heterocycles. The van der Waals surface area contributed by atoms with Crippen LogP contribution in [0.25, 0.3) is 6.08 Å². The summed E-state index contributed by atoms with van der Waals surface area (Å²) in [7, 11) is 0. The predicted octanol–water partition coefficient (Wildman–Crippen LogP) is 3.25. The number of anilines is 1. The lowest BCUT2D eigenvalue weighted by atomic mass is 10.1. The molecule has 0 heterocycles. The average molecular weight is 173 g/mol. The number of allylic oxidation sites excluding steroid dienone is 2. The first-order chi connectivity index (χ1) is 6.22. The molecule has 0 aliphatic carbocycles. The third-order valence-electron chi connectivity index (χ3n) is 1.88. The number of nitrogen functional groups attached to an aromatic ring is 1. The van der Waals surface area contributed by atoms with Crippen molar-refractivity contribution < 1.29 is 0 Å². The maximum atomic E-state index is 5.64. The quantitative estimate of drug-likeness (QED) is 0.551. The van der Waals surface area contributed by atoms with Crippen LogP contribution in [0.4, 0.5) is 5.69 Å².